The molecule has 0 amide bonds. The fraction of sp³-hybridized carbons (Fsp3) is 0.909. The fourth-order valence-electron chi connectivity index (χ4n) is 1.85. The first-order valence-electron chi connectivity index (χ1n) is 5.70. The van der Waals surface area contributed by atoms with Crippen LogP contribution in [0.5, 0.6) is 0 Å². The monoisotopic (exact) mass is 215 g/mol. The highest BCUT2D eigenvalue weighted by Crippen LogP contribution is 2.12. The zero-order valence-corrected chi connectivity index (χ0v) is 9.61. The van der Waals surface area contributed by atoms with Crippen molar-refractivity contribution in [1.82, 2.24) is 4.90 Å². The summed E-state index contributed by atoms with van der Waals surface area (Å²) in [6, 6.07) is 0. The Hall–Kier alpha value is -0.610. The average molecular weight is 215 g/mol. The van der Waals surface area contributed by atoms with E-state index in [-0.39, 0.29) is 18.0 Å². The van der Waals surface area contributed by atoms with Crippen molar-refractivity contribution in [3.63, 3.8) is 0 Å². The maximum Gasteiger partial charge on any atom is 0.309 e. The van der Waals surface area contributed by atoms with Gasteiger partial charge in [0, 0.05) is 19.6 Å². The Bertz CT molecular complexity index is 200. The number of carbonyl (C=O) groups excluding carboxylic acids is 1. The quantitative estimate of drug-likeness (QED) is 0.699. The molecule has 1 saturated heterocycles. The van der Waals surface area contributed by atoms with E-state index >= 15 is 0 Å². The van der Waals surface area contributed by atoms with Gasteiger partial charge in [-0.05, 0) is 19.8 Å². The smallest absolute Gasteiger partial charge is 0.309 e. The average Bonchev–Trinajstić information content (AvgIpc) is 2.22. The van der Waals surface area contributed by atoms with E-state index < -0.39 is 0 Å². The van der Waals surface area contributed by atoms with E-state index in [1.54, 1.807) is 0 Å². The molecular weight excluding hydrogens is 194 g/mol. The third-order valence-corrected chi connectivity index (χ3v) is 2.78. The van der Waals surface area contributed by atoms with Crippen molar-refractivity contribution in [2.24, 2.45) is 5.92 Å². The van der Waals surface area contributed by atoms with Gasteiger partial charge in [0.2, 0.25) is 0 Å². The summed E-state index contributed by atoms with van der Waals surface area (Å²) >= 11 is 0. The van der Waals surface area contributed by atoms with Crippen LogP contribution in [0.25, 0.3) is 0 Å². The zero-order valence-electron chi connectivity index (χ0n) is 9.61. The van der Waals surface area contributed by atoms with Crippen LogP contribution in [0.1, 0.15) is 26.7 Å². The van der Waals surface area contributed by atoms with Gasteiger partial charge in [0.1, 0.15) is 0 Å². The summed E-state index contributed by atoms with van der Waals surface area (Å²) in [6.45, 7) is 6.66. The molecule has 4 heteroatoms. The van der Waals surface area contributed by atoms with Gasteiger partial charge >= 0.3 is 5.97 Å². The van der Waals surface area contributed by atoms with Crippen molar-refractivity contribution in [3.8, 4) is 0 Å². The largest absolute Gasteiger partial charge is 0.466 e. The fourth-order valence-corrected chi connectivity index (χ4v) is 1.85. The van der Waals surface area contributed by atoms with Gasteiger partial charge in [0.05, 0.1) is 18.6 Å². The number of carbonyl (C=O) groups is 1. The van der Waals surface area contributed by atoms with Crippen LogP contribution in [-0.2, 0) is 9.53 Å². The molecule has 1 atom stereocenters. The summed E-state index contributed by atoms with van der Waals surface area (Å²) < 4.78 is 4.95. The van der Waals surface area contributed by atoms with Crippen molar-refractivity contribution in [2.75, 3.05) is 26.2 Å². The number of aliphatic hydroxyl groups is 1. The summed E-state index contributed by atoms with van der Waals surface area (Å²) in [4.78, 5) is 13.6. The molecule has 1 aliphatic heterocycles. The molecule has 4 nitrogen and oxygen atoms in total. The molecule has 0 radical (unpaired) electrons. The first-order chi connectivity index (χ1) is 7.13. The molecule has 0 saturated carbocycles. The van der Waals surface area contributed by atoms with Crippen molar-refractivity contribution in [2.45, 2.75) is 32.8 Å². The second kappa shape index (κ2) is 6.08. The third kappa shape index (κ3) is 4.18. The number of piperidine rings is 1. The molecular formula is C11H21NO3. The molecule has 0 aromatic heterocycles. The second-order valence-electron chi connectivity index (χ2n) is 4.18. The van der Waals surface area contributed by atoms with E-state index in [2.05, 4.69) is 4.90 Å². The van der Waals surface area contributed by atoms with Gasteiger partial charge in [0.15, 0.2) is 0 Å². The SMILES string of the molecule is CCOC(=O)C(C)CN1CCC(O)CC1. The molecule has 1 aliphatic rings. The lowest BCUT2D eigenvalue weighted by molar-refractivity contribution is -0.148. The standard InChI is InChI=1S/C11H21NO3/c1-3-15-11(14)9(2)8-12-6-4-10(13)5-7-12/h9-10,13H,3-8H2,1-2H3. The van der Waals surface area contributed by atoms with Crippen LogP contribution in [0, 0.1) is 5.92 Å². The van der Waals surface area contributed by atoms with Gasteiger partial charge in [0.25, 0.3) is 0 Å². The molecule has 0 aliphatic carbocycles. The molecule has 0 aromatic rings. The molecule has 15 heavy (non-hydrogen) atoms. The third-order valence-electron chi connectivity index (χ3n) is 2.78. The van der Waals surface area contributed by atoms with Crippen molar-refractivity contribution in [1.29, 1.82) is 0 Å². The van der Waals surface area contributed by atoms with Gasteiger partial charge in [-0.3, -0.25) is 4.79 Å². The number of ether oxygens (including phenoxy) is 1. The number of likely N-dealkylation sites (tertiary alicyclic amines) is 1. The Balaban J connectivity index is 2.25. The summed E-state index contributed by atoms with van der Waals surface area (Å²) in [7, 11) is 0. The van der Waals surface area contributed by atoms with E-state index in [4.69, 9.17) is 4.74 Å². The minimum Gasteiger partial charge on any atom is -0.466 e. The summed E-state index contributed by atoms with van der Waals surface area (Å²) in [5.41, 5.74) is 0. The highest BCUT2D eigenvalue weighted by Gasteiger charge is 2.22. The van der Waals surface area contributed by atoms with Crippen molar-refractivity contribution < 1.29 is 14.6 Å². The predicted molar refractivity (Wildman–Crippen MR) is 57.5 cm³/mol. The molecule has 1 fully saturated rings. The molecule has 0 spiro atoms. The predicted octanol–water partition coefficient (Wildman–Crippen LogP) is 0.642. The molecule has 0 aromatic carbocycles. The summed E-state index contributed by atoms with van der Waals surface area (Å²) in [6.07, 6.45) is 1.48. The van der Waals surface area contributed by atoms with Crippen LogP contribution >= 0.6 is 0 Å². The topological polar surface area (TPSA) is 49.8 Å². The van der Waals surface area contributed by atoms with E-state index in [0.717, 1.165) is 32.5 Å². The number of aliphatic hydroxyl groups excluding tert-OH is 1. The lowest BCUT2D eigenvalue weighted by Gasteiger charge is -2.30. The minimum absolute atomic E-state index is 0.0693. The van der Waals surface area contributed by atoms with E-state index in [9.17, 15) is 9.90 Å². The first kappa shape index (κ1) is 12.5. The van der Waals surface area contributed by atoms with E-state index in [1.807, 2.05) is 13.8 Å². The van der Waals surface area contributed by atoms with E-state index in [0.29, 0.717) is 6.61 Å². The maximum atomic E-state index is 11.4. The van der Waals surface area contributed by atoms with Crippen LogP contribution < -0.4 is 0 Å². The van der Waals surface area contributed by atoms with Gasteiger partial charge in [-0.15, -0.1) is 0 Å². The number of nitrogens with zero attached hydrogens (tertiary/aromatic N) is 1. The van der Waals surface area contributed by atoms with Gasteiger partial charge in [-0.1, -0.05) is 6.92 Å². The molecule has 1 heterocycles. The number of rotatable bonds is 4. The molecule has 1 rings (SSSR count). The number of esters is 1. The van der Waals surface area contributed by atoms with Gasteiger partial charge in [-0.2, -0.15) is 0 Å². The Kier molecular flexibility index (Phi) is 5.05. The number of hydrogen-bond donors (Lipinski definition) is 1. The van der Waals surface area contributed by atoms with Crippen LogP contribution in [0.3, 0.4) is 0 Å². The maximum absolute atomic E-state index is 11.4. The first-order valence-corrected chi connectivity index (χ1v) is 5.70. The zero-order chi connectivity index (χ0) is 11.3. The molecule has 0 bridgehead atoms. The number of hydrogen-bond acceptors (Lipinski definition) is 4. The van der Waals surface area contributed by atoms with Crippen LogP contribution in [-0.4, -0.2) is 48.3 Å². The highest BCUT2D eigenvalue weighted by atomic mass is 16.5. The minimum atomic E-state index is -0.154. The molecule has 88 valence electrons. The summed E-state index contributed by atoms with van der Waals surface area (Å²) in [5, 5.41) is 9.34. The normalized spacial score (nSPS) is 21.3. The van der Waals surface area contributed by atoms with Crippen LogP contribution in [0.4, 0.5) is 0 Å². The Morgan fingerprint density at radius 3 is 2.67 bits per heavy atom. The van der Waals surface area contributed by atoms with Crippen molar-refractivity contribution >= 4 is 5.97 Å². The molecule has 1 unspecified atom stereocenters. The Labute approximate surface area is 91.2 Å². The Morgan fingerprint density at radius 1 is 1.53 bits per heavy atom. The highest BCUT2D eigenvalue weighted by molar-refractivity contribution is 5.72. The van der Waals surface area contributed by atoms with Gasteiger partial charge in [-0.25, -0.2) is 0 Å². The van der Waals surface area contributed by atoms with Gasteiger partial charge < -0.3 is 14.7 Å². The Morgan fingerprint density at radius 2 is 2.13 bits per heavy atom. The van der Waals surface area contributed by atoms with Crippen LogP contribution in [0.15, 0.2) is 0 Å². The van der Waals surface area contributed by atoms with E-state index in [1.165, 1.54) is 0 Å². The molecule has 1 N–H and O–H groups in total. The van der Waals surface area contributed by atoms with Crippen molar-refractivity contribution in [3.05, 3.63) is 0 Å². The van der Waals surface area contributed by atoms with Crippen LogP contribution in [0.2, 0.25) is 0 Å². The summed E-state index contributed by atoms with van der Waals surface area (Å²) in [5.74, 6) is -0.191. The lowest BCUT2D eigenvalue weighted by Crippen LogP contribution is -2.40. The second-order valence-corrected chi connectivity index (χ2v) is 4.18. The lowest BCUT2D eigenvalue weighted by atomic mass is 10.1.